The van der Waals surface area contributed by atoms with Gasteiger partial charge < -0.3 is 15.5 Å². The van der Waals surface area contributed by atoms with Crippen LogP contribution in [0.4, 0.5) is 0 Å². The Bertz CT molecular complexity index is 707. The molecule has 2 aromatic rings. The van der Waals surface area contributed by atoms with Crippen LogP contribution in [-0.2, 0) is 6.42 Å². The van der Waals surface area contributed by atoms with Gasteiger partial charge in [-0.05, 0) is 29.9 Å². The summed E-state index contributed by atoms with van der Waals surface area (Å²) < 4.78 is 1.53. The molecule has 1 amide bonds. The lowest BCUT2D eigenvalue weighted by atomic mass is 9.90. The van der Waals surface area contributed by atoms with Crippen LogP contribution < -0.4 is 5.32 Å². The summed E-state index contributed by atoms with van der Waals surface area (Å²) in [5, 5.41) is 26.1. The molecule has 0 fully saturated rings. The molecule has 3 N–H and O–H groups in total. The monoisotopic (exact) mass is 331 g/mol. The first-order valence-corrected chi connectivity index (χ1v) is 8.14. The molecule has 1 aromatic carbocycles. The predicted octanol–water partition coefficient (Wildman–Crippen LogP) is 2.28. The van der Waals surface area contributed by atoms with Crippen LogP contribution >= 0.6 is 0 Å². The molecular weight excluding hydrogens is 306 g/mol. The second kappa shape index (κ2) is 7.49. The number of amides is 1. The van der Waals surface area contributed by atoms with Crippen molar-refractivity contribution in [2.24, 2.45) is 5.41 Å². The van der Waals surface area contributed by atoms with Gasteiger partial charge >= 0.3 is 0 Å². The van der Waals surface area contributed by atoms with Crippen LogP contribution in [0.1, 0.15) is 43.2 Å². The van der Waals surface area contributed by atoms with E-state index < -0.39 is 5.91 Å². The first-order valence-electron chi connectivity index (χ1n) is 8.14. The van der Waals surface area contributed by atoms with Crippen LogP contribution in [0.5, 0.6) is 5.75 Å². The van der Waals surface area contributed by atoms with Gasteiger partial charge in [-0.15, -0.1) is 0 Å². The first-order chi connectivity index (χ1) is 11.4. The highest BCUT2D eigenvalue weighted by Crippen LogP contribution is 2.22. The SMILES string of the molecule is CCc1ccccc1-n1cc(O)c(C(=O)NCC(C)(C)CCO)n1. The third-order valence-corrected chi connectivity index (χ3v) is 4.05. The number of aryl methyl sites for hydroxylation is 1. The third kappa shape index (κ3) is 4.14. The van der Waals surface area contributed by atoms with Gasteiger partial charge in [-0.3, -0.25) is 4.79 Å². The van der Waals surface area contributed by atoms with Crippen LogP contribution in [0.25, 0.3) is 5.69 Å². The number of aromatic hydroxyl groups is 1. The van der Waals surface area contributed by atoms with Gasteiger partial charge in [0.15, 0.2) is 11.4 Å². The predicted molar refractivity (Wildman–Crippen MR) is 92.4 cm³/mol. The normalized spacial score (nSPS) is 11.5. The zero-order valence-electron chi connectivity index (χ0n) is 14.4. The number of nitrogens with one attached hydrogen (secondary N) is 1. The summed E-state index contributed by atoms with van der Waals surface area (Å²) in [5.74, 6) is -0.579. The number of rotatable bonds is 7. The molecule has 0 spiro atoms. The Balaban J connectivity index is 2.18. The molecule has 1 heterocycles. The van der Waals surface area contributed by atoms with E-state index >= 15 is 0 Å². The van der Waals surface area contributed by atoms with Crippen molar-refractivity contribution in [2.45, 2.75) is 33.6 Å². The summed E-state index contributed by atoms with van der Waals surface area (Å²) in [5.41, 5.74) is 1.70. The van der Waals surface area contributed by atoms with E-state index in [-0.39, 0.29) is 23.5 Å². The number of aliphatic hydroxyl groups excluding tert-OH is 1. The molecule has 2 rings (SSSR count). The minimum Gasteiger partial charge on any atom is -0.504 e. The highest BCUT2D eigenvalue weighted by atomic mass is 16.3. The van der Waals surface area contributed by atoms with E-state index in [2.05, 4.69) is 10.4 Å². The van der Waals surface area contributed by atoms with E-state index in [0.717, 1.165) is 17.7 Å². The lowest BCUT2D eigenvalue weighted by Crippen LogP contribution is -2.34. The second-order valence-electron chi connectivity index (χ2n) is 6.61. The topological polar surface area (TPSA) is 87.4 Å². The maximum absolute atomic E-state index is 12.3. The number of hydrogen-bond acceptors (Lipinski definition) is 4. The quantitative estimate of drug-likeness (QED) is 0.726. The molecule has 24 heavy (non-hydrogen) atoms. The summed E-state index contributed by atoms with van der Waals surface area (Å²) in [7, 11) is 0. The van der Waals surface area contributed by atoms with Crippen LogP contribution in [0.2, 0.25) is 0 Å². The van der Waals surface area contributed by atoms with Gasteiger partial charge in [0, 0.05) is 13.2 Å². The summed E-state index contributed by atoms with van der Waals surface area (Å²) in [6.07, 6.45) is 2.85. The first kappa shape index (κ1) is 18.0. The van der Waals surface area contributed by atoms with Gasteiger partial charge in [0.25, 0.3) is 5.91 Å². The molecular formula is C18H25N3O3. The Kier molecular flexibility index (Phi) is 5.62. The maximum atomic E-state index is 12.3. The van der Waals surface area contributed by atoms with Crippen molar-refractivity contribution in [3.8, 4) is 11.4 Å². The molecule has 130 valence electrons. The van der Waals surface area contributed by atoms with Crippen LogP contribution in [0.3, 0.4) is 0 Å². The van der Waals surface area contributed by atoms with Gasteiger partial charge in [-0.2, -0.15) is 5.10 Å². The summed E-state index contributed by atoms with van der Waals surface area (Å²) in [4.78, 5) is 12.3. The zero-order valence-corrected chi connectivity index (χ0v) is 14.4. The molecule has 0 unspecified atom stereocenters. The van der Waals surface area contributed by atoms with Gasteiger partial charge in [-0.1, -0.05) is 39.0 Å². The highest BCUT2D eigenvalue weighted by Gasteiger charge is 2.22. The molecule has 0 saturated carbocycles. The van der Waals surface area contributed by atoms with Crippen molar-refractivity contribution in [1.82, 2.24) is 15.1 Å². The molecule has 0 atom stereocenters. The zero-order chi connectivity index (χ0) is 17.7. The van der Waals surface area contributed by atoms with Crippen molar-refractivity contribution in [1.29, 1.82) is 0 Å². The molecule has 6 nitrogen and oxygen atoms in total. The van der Waals surface area contributed by atoms with Crippen LogP contribution in [0, 0.1) is 5.41 Å². The fourth-order valence-electron chi connectivity index (χ4n) is 2.48. The lowest BCUT2D eigenvalue weighted by Gasteiger charge is -2.23. The summed E-state index contributed by atoms with van der Waals surface area (Å²) in [6.45, 7) is 6.42. The van der Waals surface area contributed by atoms with E-state index in [9.17, 15) is 9.90 Å². The number of hydrogen-bond donors (Lipinski definition) is 3. The molecule has 0 aliphatic rings. The number of para-hydroxylation sites is 1. The fourth-order valence-corrected chi connectivity index (χ4v) is 2.48. The number of benzene rings is 1. The van der Waals surface area contributed by atoms with Gasteiger partial charge in [0.2, 0.25) is 0 Å². The molecule has 0 aliphatic carbocycles. The molecule has 0 bridgehead atoms. The number of nitrogens with zero attached hydrogens (tertiary/aromatic N) is 2. The third-order valence-electron chi connectivity index (χ3n) is 4.05. The number of carbonyl (C=O) groups is 1. The van der Waals surface area contributed by atoms with Gasteiger partial charge in [-0.25, -0.2) is 4.68 Å². The Morgan fingerprint density at radius 1 is 1.33 bits per heavy atom. The Morgan fingerprint density at radius 2 is 2.04 bits per heavy atom. The minimum atomic E-state index is -0.425. The van der Waals surface area contributed by atoms with Crippen molar-refractivity contribution in [2.75, 3.05) is 13.2 Å². The van der Waals surface area contributed by atoms with Gasteiger partial charge in [0.1, 0.15) is 0 Å². The molecule has 0 saturated heterocycles. The average Bonchev–Trinajstić information content (AvgIpc) is 2.94. The largest absolute Gasteiger partial charge is 0.504 e. The smallest absolute Gasteiger partial charge is 0.275 e. The number of aromatic nitrogens is 2. The molecule has 0 radical (unpaired) electrons. The van der Waals surface area contributed by atoms with E-state index in [1.807, 2.05) is 45.0 Å². The fraction of sp³-hybridized carbons (Fsp3) is 0.444. The van der Waals surface area contributed by atoms with E-state index in [0.29, 0.717) is 13.0 Å². The molecule has 0 aliphatic heterocycles. The van der Waals surface area contributed by atoms with E-state index in [4.69, 9.17) is 5.11 Å². The lowest BCUT2D eigenvalue weighted by molar-refractivity contribution is 0.0920. The van der Waals surface area contributed by atoms with Crippen molar-refractivity contribution >= 4 is 5.91 Å². The van der Waals surface area contributed by atoms with Crippen molar-refractivity contribution in [3.05, 3.63) is 41.7 Å². The Labute approximate surface area is 142 Å². The summed E-state index contributed by atoms with van der Waals surface area (Å²) in [6, 6.07) is 7.73. The number of aliphatic hydroxyl groups is 1. The van der Waals surface area contributed by atoms with Crippen molar-refractivity contribution in [3.63, 3.8) is 0 Å². The second-order valence-corrected chi connectivity index (χ2v) is 6.61. The minimum absolute atomic E-state index is 0.000652. The molecule has 1 aromatic heterocycles. The van der Waals surface area contributed by atoms with Crippen molar-refractivity contribution < 1.29 is 15.0 Å². The average molecular weight is 331 g/mol. The molecule has 6 heteroatoms. The standard InChI is InChI=1S/C18H25N3O3/c1-4-13-7-5-6-8-14(13)21-11-15(23)16(20-21)17(24)19-12-18(2,3)9-10-22/h5-8,11,22-23H,4,9-10,12H2,1-3H3,(H,19,24). The van der Waals surface area contributed by atoms with E-state index in [1.165, 1.54) is 10.9 Å². The Morgan fingerprint density at radius 3 is 2.71 bits per heavy atom. The van der Waals surface area contributed by atoms with Crippen LogP contribution in [-0.4, -0.2) is 39.1 Å². The Hall–Kier alpha value is -2.34. The number of carbonyl (C=O) groups excluding carboxylic acids is 1. The van der Waals surface area contributed by atoms with Crippen LogP contribution in [0.15, 0.2) is 30.5 Å². The van der Waals surface area contributed by atoms with E-state index in [1.54, 1.807) is 0 Å². The summed E-state index contributed by atoms with van der Waals surface area (Å²) >= 11 is 0. The maximum Gasteiger partial charge on any atom is 0.275 e. The van der Waals surface area contributed by atoms with Gasteiger partial charge in [0.05, 0.1) is 11.9 Å². The highest BCUT2D eigenvalue weighted by molar-refractivity contribution is 5.94.